The Morgan fingerprint density at radius 3 is 2.74 bits per heavy atom. The highest BCUT2D eigenvalue weighted by Crippen LogP contribution is 2.36. The summed E-state index contributed by atoms with van der Waals surface area (Å²) >= 11 is 9.67. The second kappa shape index (κ2) is 7.45. The number of halogens is 2. The van der Waals surface area contributed by atoms with Crippen molar-refractivity contribution in [1.29, 1.82) is 0 Å². The lowest BCUT2D eigenvalue weighted by molar-refractivity contribution is 0.0920. The Morgan fingerprint density at radius 1 is 1.17 bits per heavy atom. The van der Waals surface area contributed by atoms with Gasteiger partial charge in [-0.25, -0.2) is 4.98 Å². The summed E-state index contributed by atoms with van der Waals surface area (Å²) in [5.41, 5.74) is 1.69. The number of hydrogen-bond donors (Lipinski definition) is 1. The van der Waals surface area contributed by atoms with E-state index >= 15 is 0 Å². The summed E-state index contributed by atoms with van der Waals surface area (Å²) in [6.45, 7) is 0. The number of rotatable bonds is 3. The first-order valence-corrected chi connectivity index (χ1v) is 8.99. The first-order valence-electron chi connectivity index (χ1n) is 7.82. The van der Waals surface area contributed by atoms with Crippen LogP contribution in [-0.2, 0) is 0 Å². The molecule has 1 saturated carbocycles. The summed E-state index contributed by atoms with van der Waals surface area (Å²) in [6.07, 6.45) is 5.96. The van der Waals surface area contributed by atoms with Gasteiger partial charge < -0.3 is 5.32 Å². The second-order valence-corrected chi connectivity index (χ2v) is 7.05. The lowest BCUT2D eigenvalue weighted by atomic mass is 9.80. The second-order valence-electron chi connectivity index (χ2n) is 5.83. The molecule has 0 spiro atoms. The molecule has 1 aromatic carbocycles. The van der Waals surface area contributed by atoms with E-state index in [1.54, 1.807) is 18.3 Å². The molecule has 1 aromatic heterocycles. The molecule has 0 aliphatic heterocycles. The van der Waals surface area contributed by atoms with E-state index in [0.29, 0.717) is 11.5 Å². The lowest BCUT2D eigenvalue weighted by Gasteiger charge is -2.33. The van der Waals surface area contributed by atoms with Gasteiger partial charge in [0, 0.05) is 22.6 Å². The summed E-state index contributed by atoms with van der Waals surface area (Å²) < 4.78 is 1.10. The van der Waals surface area contributed by atoms with E-state index in [1.807, 2.05) is 12.1 Å². The Labute approximate surface area is 149 Å². The third kappa shape index (κ3) is 3.75. The van der Waals surface area contributed by atoms with Crippen LogP contribution in [0.5, 0.6) is 0 Å². The summed E-state index contributed by atoms with van der Waals surface area (Å²) in [5, 5.41) is 3.42. The van der Waals surface area contributed by atoms with E-state index < -0.39 is 0 Å². The van der Waals surface area contributed by atoms with Crippen molar-refractivity contribution in [2.24, 2.45) is 0 Å². The number of carbonyl (C=O) groups excluding carboxylic acids is 1. The van der Waals surface area contributed by atoms with Crippen LogP contribution < -0.4 is 5.32 Å². The minimum absolute atomic E-state index is 0.117. The SMILES string of the molecule is O=C(N[C@H]1CCCC[C@@H]1c1ccccc1Br)c1cccnc1Cl. The zero-order valence-corrected chi connectivity index (χ0v) is 15.0. The van der Waals surface area contributed by atoms with Crippen LogP contribution in [0.4, 0.5) is 0 Å². The lowest BCUT2D eigenvalue weighted by Crippen LogP contribution is -2.41. The molecule has 3 nitrogen and oxygen atoms in total. The Morgan fingerprint density at radius 2 is 1.96 bits per heavy atom. The van der Waals surface area contributed by atoms with Gasteiger partial charge in [0.25, 0.3) is 5.91 Å². The number of benzene rings is 1. The van der Waals surface area contributed by atoms with Crippen LogP contribution in [0.3, 0.4) is 0 Å². The molecule has 120 valence electrons. The average molecular weight is 394 g/mol. The molecular formula is C18H18BrClN2O. The maximum absolute atomic E-state index is 12.5. The number of aromatic nitrogens is 1. The number of hydrogen-bond acceptors (Lipinski definition) is 2. The van der Waals surface area contributed by atoms with Gasteiger partial charge in [0.05, 0.1) is 5.56 Å². The Kier molecular flexibility index (Phi) is 5.34. The number of carbonyl (C=O) groups is 1. The highest BCUT2D eigenvalue weighted by atomic mass is 79.9. The van der Waals surface area contributed by atoms with Gasteiger partial charge in [-0.05, 0) is 36.6 Å². The minimum atomic E-state index is -0.146. The molecule has 1 aliphatic carbocycles. The molecule has 1 N–H and O–H groups in total. The van der Waals surface area contributed by atoms with Crippen LogP contribution in [0.15, 0.2) is 47.1 Å². The topological polar surface area (TPSA) is 42.0 Å². The highest BCUT2D eigenvalue weighted by Gasteiger charge is 2.29. The van der Waals surface area contributed by atoms with Crippen molar-refractivity contribution >= 4 is 33.4 Å². The van der Waals surface area contributed by atoms with Crippen LogP contribution >= 0.6 is 27.5 Å². The fourth-order valence-corrected chi connectivity index (χ4v) is 4.04. The first-order chi connectivity index (χ1) is 11.2. The highest BCUT2D eigenvalue weighted by molar-refractivity contribution is 9.10. The van der Waals surface area contributed by atoms with Crippen LogP contribution in [0.2, 0.25) is 5.15 Å². The van der Waals surface area contributed by atoms with Gasteiger partial charge in [-0.2, -0.15) is 0 Å². The molecule has 23 heavy (non-hydrogen) atoms. The third-order valence-corrected chi connectivity index (χ3v) is 5.41. The molecule has 1 heterocycles. The zero-order chi connectivity index (χ0) is 16.2. The molecule has 5 heteroatoms. The van der Waals surface area contributed by atoms with Crippen molar-refractivity contribution in [3.63, 3.8) is 0 Å². The van der Waals surface area contributed by atoms with Crippen molar-refractivity contribution in [3.8, 4) is 0 Å². The van der Waals surface area contributed by atoms with Gasteiger partial charge in [-0.1, -0.05) is 58.6 Å². The van der Waals surface area contributed by atoms with E-state index in [4.69, 9.17) is 11.6 Å². The largest absolute Gasteiger partial charge is 0.349 e. The maximum Gasteiger partial charge on any atom is 0.254 e. The van der Waals surface area contributed by atoms with Gasteiger partial charge >= 0.3 is 0 Å². The Bertz CT molecular complexity index is 707. The smallest absolute Gasteiger partial charge is 0.254 e. The van der Waals surface area contributed by atoms with Gasteiger partial charge in [-0.15, -0.1) is 0 Å². The predicted octanol–water partition coefficient (Wildman–Crippen LogP) is 4.95. The molecule has 1 amide bonds. The Hall–Kier alpha value is -1.39. The first kappa shape index (κ1) is 16.5. The van der Waals surface area contributed by atoms with Crippen LogP contribution in [0.25, 0.3) is 0 Å². The fraction of sp³-hybridized carbons (Fsp3) is 0.333. The minimum Gasteiger partial charge on any atom is -0.349 e. The van der Waals surface area contributed by atoms with E-state index in [2.05, 4.69) is 38.4 Å². The number of pyridine rings is 1. The van der Waals surface area contributed by atoms with E-state index in [9.17, 15) is 4.79 Å². The average Bonchev–Trinajstić information content (AvgIpc) is 2.56. The van der Waals surface area contributed by atoms with Crippen molar-refractivity contribution in [2.75, 3.05) is 0 Å². The molecule has 0 unspecified atom stereocenters. The maximum atomic E-state index is 12.5. The quantitative estimate of drug-likeness (QED) is 0.749. The van der Waals surface area contributed by atoms with Gasteiger partial charge in [0.15, 0.2) is 0 Å². The molecule has 0 bridgehead atoms. The zero-order valence-electron chi connectivity index (χ0n) is 12.6. The number of amides is 1. The summed E-state index contributed by atoms with van der Waals surface area (Å²) in [6, 6.07) is 11.8. The van der Waals surface area contributed by atoms with Crippen LogP contribution in [0, 0.1) is 0 Å². The third-order valence-electron chi connectivity index (χ3n) is 4.39. The molecule has 0 saturated heterocycles. The van der Waals surface area contributed by atoms with E-state index in [0.717, 1.165) is 23.7 Å². The molecular weight excluding hydrogens is 376 g/mol. The molecule has 0 radical (unpaired) electrons. The molecule has 2 aromatic rings. The standard InChI is InChI=1S/C18H18BrClN2O/c19-15-9-3-1-6-12(15)13-7-2-4-10-16(13)22-18(23)14-8-5-11-21-17(14)20/h1,3,5-6,8-9,11,13,16H,2,4,7,10H2,(H,22,23)/t13-,16+/m1/s1. The van der Waals surface area contributed by atoms with Crippen molar-refractivity contribution in [2.45, 2.75) is 37.6 Å². The monoisotopic (exact) mass is 392 g/mol. The van der Waals surface area contributed by atoms with Crippen molar-refractivity contribution < 1.29 is 4.79 Å². The van der Waals surface area contributed by atoms with Crippen molar-refractivity contribution in [3.05, 3.63) is 63.3 Å². The van der Waals surface area contributed by atoms with Crippen LogP contribution in [0.1, 0.15) is 47.5 Å². The number of nitrogens with zero attached hydrogens (tertiary/aromatic N) is 1. The van der Waals surface area contributed by atoms with Crippen molar-refractivity contribution in [1.82, 2.24) is 10.3 Å². The van der Waals surface area contributed by atoms with Gasteiger partial charge in [0.2, 0.25) is 0 Å². The van der Waals surface area contributed by atoms with Gasteiger partial charge in [0.1, 0.15) is 5.15 Å². The van der Waals surface area contributed by atoms with Gasteiger partial charge in [-0.3, -0.25) is 4.79 Å². The van der Waals surface area contributed by atoms with E-state index in [1.165, 1.54) is 12.0 Å². The molecule has 3 rings (SSSR count). The molecule has 2 atom stereocenters. The Balaban J connectivity index is 1.81. The van der Waals surface area contributed by atoms with E-state index in [-0.39, 0.29) is 17.1 Å². The summed E-state index contributed by atoms with van der Waals surface area (Å²) in [5.74, 6) is 0.172. The molecule has 1 aliphatic rings. The number of nitrogens with one attached hydrogen (secondary N) is 1. The summed E-state index contributed by atoms with van der Waals surface area (Å²) in [7, 11) is 0. The fourth-order valence-electron chi connectivity index (χ4n) is 3.25. The predicted molar refractivity (Wildman–Crippen MR) is 95.9 cm³/mol. The summed E-state index contributed by atoms with van der Waals surface area (Å²) in [4.78, 5) is 16.5. The molecule has 1 fully saturated rings. The van der Waals surface area contributed by atoms with Crippen LogP contribution in [-0.4, -0.2) is 16.9 Å². The normalized spacial score (nSPS) is 21.0.